The highest BCUT2D eigenvalue weighted by Gasteiger charge is 2.12. The van der Waals surface area contributed by atoms with Crippen LogP contribution in [0.5, 0.6) is 11.5 Å². The maximum atomic E-state index is 12.3. The van der Waals surface area contributed by atoms with Crippen molar-refractivity contribution >= 4 is 22.9 Å². The highest BCUT2D eigenvalue weighted by Crippen LogP contribution is 2.24. The highest BCUT2D eigenvalue weighted by molar-refractivity contribution is 7.12. The van der Waals surface area contributed by atoms with E-state index >= 15 is 0 Å². The molecule has 0 saturated carbocycles. The molecule has 0 aliphatic carbocycles. The van der Waals surface area contributed by atoms with Crippen LogP contribution >= 0.6 is 11.3 Å². The van der Waals surface area contributed by atoms with Gasteiger partial charge < -0.3 is 10.1 Å². The van der Waals surface area contributed by atoms with Gasteiger partial charge in [0.25, 0.3) is 5.91 Å². The second-order valence-corrected chi connectivity index (χ2v) is 6.68. The van der Waals surface area contributed by atoms with Crippen molar-refractivity contribution in [3.8, 4) is 11.5 Å². The summed E-state index contributed by atoms with van der Waals surface area (Å²) in [4.78, 5) is 14.5. The summed E-state index contributed by atoms with van der Waals surface area (Å²) in [5, 5.41) is 2.92. The first-order chi connectivity index (χ1) is 11.1. The molecule has 0 aliphatic heterocycles. The first-order valence-corrected chi connectivity index (χ1v) is 8.15. The number of amides is 1. The van der Waals surface area contributed by atoms with Crippen molar-refractivity contribution in [2.75, 3.05) is 5.32 Å². The fourth-order valence-electron chi connectivity index (χ4n) is 2.29. The molecule has 0 atom stereocenters. The first kappa shape index (κ1) is 15.3. The van der Waals surface area contributed by atoms with Gasteiger partial charge in [-0.1, -0.05) is 18.2 Å². The Morgan fingerprint density at radius 1 is 0.957 bits per heavy atom. The molecule has 1 heterocycles. The summed E-state index contributed by atoms with van der Waals surface area (Å²) in [6.45, 7) is 3.97. The minimum atomic E-state index is -0.0800. The van der Waals surface area contributed by atoms with Gasteiger partial charge in [0.05, 0.1) is 5.56 Å². The van der Waals surface area contributed by atoms with Crippen molar-refractivity contribution in [1.82, 2.24) is 0 Å². The maximum absolute atomic E-state index is 12.3. The van der Waals surface area contributed by atoms with Gasteiger partial charge in [0.15, 0.2) is 0 Å². The SMILES string of the molecule is Cc1cc(C(=O)Nc2ccc(Oc3ccccc3)cc2)c(C)s1. The van der Waals surface area contributed by atoms with Crippen LogP contribution < -0.4 is 10.1 Å². The van der Waals surface area contributed by atoms with Crippen molar-refractivity contribution < 1.29 is 9.53 Å². The molecule has 0 radical (unpaired) electrons. The van der Waals surface area contributed by atoms with Crippen LogP contribution in [0.3, 0.4) is 0 Å². The lowest BCUT2D eigenvalue weighted by molar-refractivity contribution is 0.102. The molecule has 0 spiro atoms. The number of para-hydroxylation sites is 1. The van der Waals surface area contributed by atoms with Crippen molar-refractivity contribution in [2.45, 2.75) is 13.8 Å². The van der Waals surface area contributed by atoms with Gasteiger partial charge in [-0.25, -0.2) is 0 Å². The summed E-state index contributed by atoms with van der Waals surface area (Å²) in [5.74, 6) is 1.44. The van der Waals surface area contributed by atoms with E-state index in [1.807, 2.05) is 74.5 Å². The number of hydrogen-bond donors (Lipinski definition) is 1. The first-order valence-electron chi connectivity index (χ1n) is 7.33. The van der Waals surface area contributed by atoms with E-state index in [9.17, 15) is 4.79 Å². The van der Waals surface area contributed by atoms with Crippen LogP contribution in [0.25, 0.3) is 0 Å². The molecule has 116 valence electrons. The van der Waals surface area contributed by atoms with Crippen LogP contribution in [0.4, 0.5) is 5.69 Å². The van der Waals surface area contributed by atoms with E-state index in [1.165, 1.54) is 0 Å². The molecule has 1 amide bonds. The molecule has 1 aromatic heterocycles. The van der Waals surface area contributed by atoms with Gasteiger partial charge in [-0.3, -0.25) is 4.79 Å². The van der Waals surface area contributed by atoms with Crippen molar-refractivity contribution in [3.05, 3.63) is 76.0 Å². The van der Waals surface area contributed by atoms with Crippen molar-refractivity contribution in [2.24, 2.45) is 0 Å². The van der Waals surface area contributed by atoms with E-state index in [2.05, 4.69) is 5.32 Å². The van der Waals surface area contributed by atoms with E-state index < -0.39 is 0 Å². The van der Waals surface area contributed by atoms with E-state index in [-0.39, 0.29) is 5.91 Å². The Morgan fingerprint density at radius 2 is 1.61 bits per heavy atom. The van der Waals surface area contributed by atoms with E-state index in [4.69, 9.17) is 4.74 Å². The molecule has 23 heavy (non-hydrogen) atoms. The molecule has 0 unspecified atom stereocenters. The van der Waals surface area contributed by atoms with Crippen molar-refractivity contribution in [1.29, 1.82) is 0 Å². The monoisotopic (exact) mass is 323 g/mol. The molecule has 2 aromatic carbocycles. The number of anilines is 1. The van der Waals surface area contributed by atoms with Gasteiger partial charge in [-0.2, -0.15) is 0 Å². The molecule has 3 aromatic rings. The molecule has 0 aliphatic rings. The molecular formula is C19H17NO2S. The Kier molecular flexibility index (Phi) is 4.44. The topological polar surface area (TPSA) is 38.3 Å². The van der Waals surface area contributed by atoms with Gasteiger partial charge in [-0.15, -0.1) is 11.3 Å². The van der Waals surface area contributed by atoms with E-state index in [0.717, 1.165) is 32.5 Å². The van der Waals surface area contributed by atoms with Gasteiger partial charge >= 0.3 is 0 Å². The van der Waals surface area contributed by atoms with Crippen LogP contribution in [-0.2, 0) is 0 Å². The number of rotatable bonds is 4. The van der Waals surface area contributed by atoms with Gasteiger partial charge in [0, 0.05) is 15.4 Å². The van der Waals surface area contributed by atoms with Gasteiger partial charge in [0.2, 0.25) is 0 Å². The Morgan fingerprint density at radius 3 is 2.22 bits per heavy atom. The number of ether oxygens (including phenoxy) is 1. The van der Waals surface area contributed by atoms with Crippen LogP contribution in [0.15, 0.2) is 60.7 Å². The number of nitrogens with one attached hydrogen (secondary N) is 1. The van der Waals surface area contributed by atoms with E-state index in [0.29, 0.717) is 0 Å². The summed E-state index contributed by atoms with van der Waals surface area (Å²) < 4.78 is 5.73. The summed E-state index contributed by atoms with van der Waals surface area (Å²) in [7, 11) is 0. The average molecular weight is 323 g/mol. The fourth-order valence-corrected chi connectivity index (χ4v) is 3.21. The molecule has 0 saturated heterocycles. The highest BCUT2D eigenvalue weighted by atomic mass is 32.1. The second kappa shape index (κ2) is 6.67. The van der Waals surface area contributed by atoms with Crippen molar-refractivity contribution in [3.63, 3.8) is 0 Å². The van der Waals surface area contributed by atoms with Gasteiger partial charge in [0.1, 0.15) is 11.5 Å². The lowest BCUT2D eigenvalue weighted by Crippen LogP contribution is -2.11. The van der Waals surface area contributed by atoms with Crippen LogP contribution in [-0.4, -0.2) is 5.91 Å². The summed E-state index contributed by atoms with van der Waals surface area (Å²) in [6.07, 6.45) is 0. The Bertz CT molecular complexity index is 807. The smallest absolute Gasteiger partial charge is 0.256 e. The number of benzene rings is 2. The van der Waals surface area contributed by atoms with Crippen LogP contribution in [0, 0.1) is 13.8 Å². The number of thiophene rings is 1. The zero-order valence-corrected chi connectivity index (χ0v) is 13.8. The molecule has 3 nitrogen and oxygen atoms in total. The number of carbonyl (C=O) groups is 1. The molecule has 1 N–H and O–H groups in total. The Hall–Kier alpha value is -2.59. The fraction of sp³-hybridized carbons (Fsp3) is 0.105. The van der Waals surface area contributed by atoms with E-state index in [1.54, 1.807) is 11.3 Å². The predicted molar refractivity (Wildman–Crippen MR) is 94.7 cm³/mol. The second-order valence-electron chi connectivity index (χ2n) is 5.22. The quantitative estimate of drug-likeness (QED) is 0.697. The molecule has 0 bridgehead atoms. The minimum absolute atomic E-state index is 0.0800. The number of carbonyl (C=O) groups excluding carboxylic acids is 1. The third-order valence-electron chi connectivity index (χ3n) is 3.38. The Labute approximate surface area is 139 Å². The molecule has 3 rings (SSSR count). The molecule has 0 fully saturated rings. The normalized spacial score (nSPS) is 10.3. The van der Waals surface area contributed by atoms with Crippen LogP contribution in [0.2, 0.25) is 0 Å². The third kappa shape index (κ3) is 3.79. The zero-order chi connectivity index (χ0) is 16.2. The maximum Gasteiger partial charge on any atom is 0.256 e. The number of aryl methyl sites for hydroxylation is 2. The lowest BCUT2D eigenvalue weighted by Gasteiger charge is -2.08. The molecule has 4 heteroatoms. The largest absolute Gasteiger partial charge is 0.457 e. The summed E-state index contributed by atoms with van der Waals surface area (Å²) >= 11 is 1.63. The summed E-state index contributed by atoms with van der Waals surface area (Å²) in [6, 6.07) is 18.9. The standard InChI is InChI=1S/C19H17NO2S/c1-13-12-18(14(2)23-13)19(21)20-15-8-10-17(11-9-15)22-16-6-4-3-5-7-16/h3-12H,1-2H3,(H,20,21). The zero-order valence-electron chi connectivity index (χ0n) is 13.0. The summed E-state index contributed by atoms with van der Waals surface area (Å²) in [5.41, 5.74) is 1.48. The predicted octanol–water partition coefficient (Wildman–Crippen LogP) is 5.41. The van der Waals surface area contributed by atoms with Crippen LogP contribution in [0.1, 0.15) is 20.1 Å². The third-order valence-corrected chi connectivity index (χ3v) is 4.34. The average Bonchev–Trinajstić information content (AvgIpc) is 2.89. The Balaban J connectivity index is 1.68. The molecular weight excluding hydrogens is 306 g/mol. The minimum Gasteiger partial charge on any atom is -0.457 e. The number of hydrogen-bond acceptors (Lipinski definition) is 3. The lowest BCUT2D eigenvalue weighted by atomic mass is 10.2. The van der Waals surface area contributed by atoms with Gasteiger partial charge in [-0.05, 0) is 56.3 Å².